The summed E-state index contributed by atoms with van der Waals surface area (Å²) in [5, 5.41) is 7.17. The van der Waals surface area contributed by atoms with Crippen molar-refractivity contribution in [1.82, 2.24) is 24.8 Å². The van der Waals surface area contributed by atoms with Gasteiger partial charge in [-0.1, -0.05) is 127 Å². The van der Waals surface area contributed by atoms with E-state index in [1.807, 2.05) is 60.7 Å². The molecular formula is C44H29N5. The molecule has 0 saturated carbocycles. The summed E-state index contributed by atoms with van der Waals surface area (Å²) in [6, 6.07) is 48.7. The molecule has 5 heteroatoms. The summed E-state index contributed by atoms with van der Waals surface area (Å²) in [5.74, 6) is 1.95. The highest BCUT2D eigenvalue weighted by molar-refractivity contribution is 6.07. The average Bonchev–Trinajstić information content (AvgIpc) is 3.52. The van der Waals surface area contributed by atoms with Crippen LogP contribution in [-0.4, -0.2) is 19.5 Å². The standard InChI is InChI=1S/C44H29N5/c1-3-13-28(14-4-1)42-46-43(29-15-5-2-6-16-29)48-44(47-42)36-24-25-38(33-20-10-9-19-32(33)36)49-27-37-40-34(21-11-23-39(40)49)30-17-7-8-18-31(30)35-22-12-26-45-41(35)37/h1-27,41,45H. The number of dihydropyridines is 1. The first-order chi connectivity index (χ1) is 24.3. The Morgan fingerprint density at radius 1 is 0.510 bits per heavy atom. The number of nitrogens with zero attached hydrogens (tertiary/aromatic N) is 4. The Morgan fingerprint density at radius 3 is 1.90 bits per heavy atom. The average molecular weight is 628 g/mol. The van der Waals surface area contributed by atoms with Gasteiger partial charge in [-0.15, -0.1) is 0 Å². The van der Waals surface area contributed by atoms with Gasteiger partial charge in [-0.2, -0.15) is 0 Å². The lowest BCUT2D eigenvalue weighted by Crippen LogP contribution is -2.18. The Bertz CT molecular complexity index is 2580. The van der Waals surface area contributed by atoms with Crippen LogP contribution >= 0.6 is 0 Å². The molecule has 6 aromatic carbocycles. The van der Waals surface area contributed by atoms with E-state index in [0.29, 0.717) is 17.5 Å². The molecule has 0 amide bonds. The third-order valence-electron chi connectivity index (χ3n) is 9.74. The third-order valence-corrected chi connectivity index (χ3v) is 9.74. The summed E-state index contributed by atoms with van der Waals surface area (Å²) in [6.45, 7) is 0. The van der Waals surface area contributed by atoms with E-state index >= 15 is 0 Å². The number of benzene rings is 6. The lowest BCUT2D eigenvalue weighted by molar-refractivity contribution is 0.770. The van der Waals surface area contributed by atoms with Gasteiger partial charge in [-0.05, 0) is 58.1 Å². The number of hydrogen-bond acceptors (Lipinski definition) is 4. The number of fused-ring (bicyclic) bond motifs is 6. The van der Waals surface area contributed by atoms with Crippen LogP contribution in [0.5, 0.6) is 0 Å². The van der Waals surface area contributed by atoms with Crippen LogP contribution in [-0.2, 0) is 0 Å². The molecule has 49 heavy (non-hydrogen) atoms. The molecule has 1 aliphatic heterocycles. The number of nitrogens with one attached hydrogen (secondary N) is 1. The van der Waals surface area contributed by atoms with Crippen molar-refractivity contribution < 1.29 is 0 Å². The van der Waals surface area contributed by atoms with Gasteiger partial charge < -0.3 is 9.88 Å². The van der Waals surface area contributed by atoms with Gasteiger partial charge in [0.1, 0.15) is 0 Å². The maximum absolute atomic E-state index is 5.07. The fourth-order valence-electron chi connectivity index (χ4n) is 7.54. The smallest absolute Gasteiger partial charge is 0.164 e. The molecule has 230 valence electrons. The molecule has 1 atom stereocenters. The van der Waals surface area contributed by atoms with Gasteiger partial charge in [0.25, 0.3) is 0 Å². The first kappa shape index (κ1) is 27.5. The molecule has 0 saturated heterocycles. The molecule has 10 rings (SSSR count). The van der Waals surface area contributed by atoms with Crippen LogP contribution in [0.4, 0.5) is 0 Å². The van der Waals surface area contributed by atoms with Gasteiger partial charge in [0.2, 0.25) is 0 Å². The second kappa shape index (κ2) is 11.0. The number of hydrogen-bond donors (Lipinski definition) is 1. The summed E-state index contributed by atoms with van der Waals surface area (Å²) in [6.07, 6.45) is 8.74. The van der Waals surface area contributed by atoms with Crippen molar-refractivity contribution in [3.05, 3.63) is 175 Å². The van der Waals surface area contributed by atoms with Gasteiger partial charge in [0, 0.05) is 39.2 Å². The molecule has 2 aromatic heterocycles. The van der Waals surface area contributed by atoms with Crippen LogP contribution in [0.15, 0.2) is 164 Å². The quantitative estimate of drug-likeness (QED) is 0.211. The lowest BCUT2D eigenvalue weighted by Gasteiger charge is -2.23. The first-order valence-electron chi connectivity index (χ1n) is 16.6. The molecule has 0 spiro atoms. The molecule has 8 aromatic rings. The molecule has 5 nitrogen and oxygen atoms in total. The van der Waals surface area contributed by atoms with Gasteiger partial charge >= 0.3 is 0 Å². The Morgan fingerprint density at radius 2 is 1.14 bits per heavy atom. The van der Waals surface area contributed by atoms with Gasteiger partial charge in [-0.3, -0.25) is 0 Å². The van der Waals surface area contributed by atoms with Crippen LogP contribution < -0.4 is 5.32 Å². The number of allylic oxidation sites excluding steroid dienone is 2. The Labute approximate surface area is 283 Å². The zero-order valence-electron chi connectivity index (χ0n) is 26.5. The van der Waals surface area contributed by atoms with Crippen molar-refractivity contribution in [1.29, 1.82) is 0 Å². The molecule has 0 fully saturated rings. The summed E-state index contributed by atoms with van der Waals surface area (Å²) >= 11 is 0. The lowest BCUT2D eigenvalue weighted by atomic mass is 9.91. The molecule has 1 unspecified atom stereocenters. The molecule has 1 aliphatic carbocycles. The van der Waals surface area contributed by atoms with Crippen LogP contribution in [0.2, 0.25) is 0 Å². The Balaban J connectivity index is 1.20. The molecule has 2 aliphatic rings. The minimum atomic E-state index is 0.0436. The van der Waals surface area contributed by atoms with E-state index in [-0.39, 0.29) is 6.04 Å². The van der Waals surface area contributed by atoms with Gasteiger partial charge in [0.05, 0.1) is 17.2 Å². The second-order valence-electron chi connectivity index (χ2n) is 12.5. The van der Waals surface area contributed by atoms with E-state index in [0.717, 1.165) is 33.2 Å². The highest BCUT2D eigenvalue weighted by atomic mass is 15.0. The second-order valence-corrected chi connectivity index (χ2v) is 12.5. The molecule has 3 heterocycles. The fraction of sp³-hybridized carbons (Fsp3) is 0.0227. The van der Waals surface area contributed by atoms with Crippen LogP contribution in [0.3, 0.4) is 0 Å². The van der Waals surface area contributed by atoms with E-state index < -0.39 is 0 Å². The van der Waals surface area contributed by atoms with Crippen LogP contribution in [0, 0.1) is 0 Å². The van der Waals surface area contributed by atoms with E-state index in [4.69, 9.17) is 15.0 Å². The molecule has 0 bridgehead atoms. The highest BCUT2D eigenvalue weighted by Crippen LogP contribution is 2.48. The largest absolute Gasteiger partial charge is 0.380 e. The normalized spacial score (nSPS) is 14.5. The fourth-order valence-corrected chi connectivity index (χ4v) is 7.54. The van der Waals surface area contributed by atoms with Gasteiger partial charge in [0.15, 0.2) is 17.5 Å². The SMILES string of the molecule is C1=CNC2C(=C1)c1ccccc1-c1cccc3c1c2cn3-c1ccc(-c2nc(-c3ccccc3)nc(-c3ccccc3)n2)c2ccccc12. The van der Waals surface area contributed by atoms with Crippen LogP contribution in [0.1, 0.15) is 17.2 Å². The number of rotatable bonds is 4. The van der Waals surface area contributed by atoms with E-state index in [1.165, 1.54) is 38.7 Å². The monoisotopic (exact) mass is 627 g/mol. The van der Waals surface area contributed by atoms with Crippen molar-refractivity contribution in [2.45, 2.75) is 6.04 Å². The maximum Gasteiger partial charge on any atom is 0.164 e. The highest BCUT2D eigenvalue weighted by Gasteiger charge is 2.30. The van der Waals surface area contributed by atoms with Crippen molar-refractivity contribution in [2.75, 3.05) is 0 Å². The van der Waals surface area contributed by atoms with E-state index in [9.17, 15) is 0 Å². The topological polar surface area (TPSA) is 55.6 Å². The first-order valence-corrected chi connectivity index (χ1v) is 16.6. The van der Waals surface area contributed by atoms with Crippen molar-refractivity contribution in [2.24, 2.45) is 0 Å². The minimum absolute atomic E-state index is 0.0436. The molecular weight excluding hydrogens is 599 g/mol. The third kappa shape index (κ3) is 4.36. The zero-order chi connectivity index (χ0) is 32.3. The zero-order valence-corrected chi connectivity index (χ0v) is 26.5. The summed E-state index contributed by atoms with van der Waals surface area (Å²) < 4.78 is 2.37. The van der Waals surface area contributed by atoms with Crippen molar-refractivity contribution in [3.63, 3.8) is 0 Å². The number of aromatic nitrogens is 4. The van der Waals surface area contributed by atoms with E-state index in [1.54, 1.807) is 0 Å². The van der Waals surface area contributed by atoms with E-state index in [2.05, 4.69) is 113 Å². The van der Waals surface area contributed by atoms with Crippen molar-refractivity contribution >= 4 is 27.2 Å². The Hall–Kier alpha value is -6.59. The summed E-state index contributed by atoms with van der Waals surface area (Å²) in [5.41, 5.74) is 11.5. The van der Waals surface area contributed by atoms with Gasteiger partial charge in [-0.25, -0.2) is 15.0 Å². The summed E-state index contributed by atoms with van der Waals surface area (Å²) in [4.78, 5) is 15.1. The maximum atomic E-state index is 5.07. The molecule has 1 N–H and O–H groups in total. The van der Waals surface area contributed by atoms with Crippen LogP contribution in [0.25, 0.3) is 78.2 Å². The Kier molecular flexibility index (Phi) is 6.18. The predicted molar refractivity (Wildman–Crippen MR) is 199 cm³/mol. The van der Waals surface area contributed by atoms with Crippen molar-refractivity contribution in [3.8, 4) is 51.0 Å². The minimum Gasteiger partial charge on any atom is -0.380 e. The molecule has 0 radical (unpaired) electrons. The summed E-state index contributed by atoms with van der Waals surface area (Å²) in [7, 11) is 0. The predicted octanol–water partition coefficient (Wildman–Crippen LogP) is 10.2.